The van der Waals surface area contributed by atoms with Crippen LogP contribution in [0.4, 0.5) is 0 Å². The molecular formula is C14H19ClN2O3S. The first-order valence-corrected chi connectivity index (χ1v) is 8.75. The number of nitrogens with zero attached hydrogens (tertiary/aromatic N) is 1. The van der Waals surface area contributed by atoms with Gasteiger partial charge in [0.1, 0.15) is 4.90 Å². The molecule has 1 fully saturated rings. The van der Waals surface area contributed by atoms with Crippen molar-refractivity contribution in [1.82, 2.24) is 9.62 Å². The minimum Gasteiger partial charge on any atom is -0.350 e. The van der Waals surface area contributed by atoms with Gasteiger partial charge in [-0.1, -0.05) is 11.6 Å². The van der Waals surface area contributed by atoms with Crippen LogP contribution in [-0.4, -0.2) is 37.8 Å². The number of amides is 1. The van der Waals surface area contributed by atoms with Gasteiger partial charge in [-0.3, -0.25) is 4.79 Å². The zero-order valence-corrected chi connectivity index (χ0v) is 13.7. The van der Waals surface area contributed by atoms with E-state index in [0.29, 0.717) is 18.7 Å². The van der Waals surface area contributed by atoms with E-state index in [9.17, 15) is 13.2 Å². The number of benzene rings is 1. The summed E-state index contributed by atoms with van der Waals surface area (Å²) in [6.07, 6.45) is 1.70. The summed E-state index contributed by atoms with van der Waals surface area (Å²) in [5, 5.41) is 2.88. The number of sulfonamides is 1. The Morgan fingerprint density at radius 3 is 2.48 bits per heavy atom. The van der Waals surface area contributed by atoms with Crippen LogP contribution in [0.2, 0.25) is 5.02 Å². The van der Waals surface area contributed by atoms with Crippen molar-refractivity contribution in [3.05, 3.63) is 28.8 Å². The summed E-state index contributed by atoms with van der Waals surface area (Å²) in [6, 6.07) is 4.32. The maximum atomic E-state index is 12.6. The van der Waals surface area contributed by atoms with Crippen LogP contribution >= 0.6 is 11.6 Å². The smallest absolute Gasteiger partial charge is 0.251 e. The Kier molecular flexibility index (Phi) is 4.91. The number of rotatable bonds is 4. The lowest BCUT2D eigenvalue weighted by Crippen LogP contribution is -2.31. The number of hydrogen-bond acceptors (Lipinski definition) is 3. The predicted octanol–water partition coefficient (Wildman–Crippen LogP) is 2.26. The first-order valence-electron chi connectivity index (χ1n) is 6.93. The SMILES string of the molecule is CC(C)NC(=O)c1ccc(Cl)c(S(=O)(=O)N2CCCC2)c1. The second kappa shape index (κ2) is 6.34. The molecule has 1 aromatic carbocycles. The molecule has 0 unspecified atom stereocenters. The minimum atomic E-state index is -3.63. The van der Waals surface area contributed by atoms with Crippen molar-refractivity contribution in [2.45, 2.75) is 37.6 Å². The molecule has 7 heteroatoms. The summed E-state index contributed by atoms with van der Waals surface area (Å²) < 4.78 is 26.5. The zero-order valence-electron chi connectivity index (χ0n) is 12.1. The van der Waals surface area contributed by atoms with E-state index in [1.54, 1.807) is 0 Å². The minimum absolute atomic E-state index is 0.00229. The fourth-order valence-corrected chi connectivity index (χ4v) is 4.27. The molecule has 0 atom stereocenters. The van der Waals surface area contributed by atoms with Crippen molar-refractivity contribution in [3.63, 3.8) is 0 Å². The van der Waals surface area contributed by atoms with Gasteiger partial charge in [0.25, 0.3) is 5.91 Å². The van der Waals surface area contributed by atoms with Crippen LogP contribution in [0.5, 0.6) is 0 Å². The van der Waals surface area contributed by atoms with Gasteiger partial charge in [-0.05, 0) is 44.9 Å². The quantitative estimate of drug-likeness (QED) is 0.920. The van der Waals surface area contributed by atoms with Gasteiger partial charge < -0.3 is 5.32 Å². The summed E-state index contributed by atoms with van der Waals surface area (Å²) in [7, 11) is -3.63. The Balaban J connectivity index is 2.37. The van der Waals surface area contributed by atoms with Crippen molar-refractivity contribution in [2.24, 2.45) is 0 Å². The number of carbonyl (C=O) groups is 1. The molecule has 1 aliphatic rings. The summed E-state index contributed by atoms with van der Waals surface area (Å²) in [4.78, 5) is 12.0. The van der Waals surface area contributed by atoms with Gasteiger partial charge in [0.15, 0.2) is 0 Å². The van der Waals surface area contributed by atoms with Crippen LogP contribution in [0.1, 0.15) is 37.0 Å². The molecule has 2 rings (SSSR count). The summed E-state index contributed by atoms with van der Waals surface area (Å²) in [5.41, 5.74) is 0.297. The van der Waals surface area contributed by atoms with Crippen molar-refractivity contribution >= 4 is 27.5 Å². The average Bonchev–Trinajstić information content (AvgIpc) is 2.92. The molecule has 1 amide bonds. The Labute approximate surface area is 130 Å². The highest BCUT2D eigenvalue weighted by atomic mass is 35.5. The number of carbonyl (C=O) groups excluding carboxylic acids is 1. The number of nitrogens with one attached hydrogen (secondary N) is 1. The lowest BCUT2D eigenvalue weighted by atomic mass is 10.2. The van der Waals surface area contributed by atoms with Crippen molar-refractivity contribution in [1.29, 1.82) is 0 Å². The average molecular weight is 331 g/mol. The first-order chi connectivity index (χ1) is 9.82. The maximum absolute atomic E-state index is 12.6. The fourth-order valence-electron chi connectivity index (χ4n) is 2.26. The molecule has 1 saturated heterocycles. The summed E-state index contributed by atoms with van der Waals surface area (Å²) in [5.74, 6) is -0.306. The molecule has 1 heterocycles. The molecule has 21 heavy (non-hydrogen) atoms. The largest absolute Gasteiger partial charge is 0.350 e. The molecule has 0 radical (unpaired) electrons. The maximum Gasteiger partial charge on any atom is 0.251 e. The lowest BCUT2D eigenvalue weighted by Gasteiger charge is -2.17. The molecule has 1 N–H and O–H groups in total. The Morgan fingerprint density at radius 2 is 1.90 bits per heavy atom. The zero-order chi connectivity index (χ0) is 15.6. The molecule has 0 bridgehead atoms. The number of halogens is 1. The van der Waals surface area contributed by atoms with Crippen molar-refractivity contribution in [3.8, 4) is 0 Å². The third-order valence-corrected chi connectivity index (χ3v) is 5.68. The third kappa shape index (κ3) is 3.56. The van der Waals surface area contributed by atoms with Gasteiger partial charge in [0.2, 0.25) is 10.0 Å². The van der Waals surface area contributed by atoms with Crippen LogP contribution in [0.15, 0.2) is 23.1 Å². The van der Waals surface area contributed by atoms with E-state index < -0.39 is 10.0 Å². The normalized spacial score (nSPS) is 16.4. The molecule has 1 aromatic rings. The Bertz CT molecular complexity index is 638. The van der Waals surface area contributed by atoms with Crippen LogP contribution in [0, 0.1) is 0 Å². The highest BCUT2D eigenvalue weighted by Crippen LogP contribution is 2.28. The van der Waals surface area contributed by atoms with E-state index in [-0.39, 0.29) is 21.9 Å². The van der Waals surface area contributed by atoms with E-state index in [4.69, 9.17) is 11.6 Å². The van der Waals surface area contributed by atoms with E-state index in [1.165, 1.54) is 22.5 Å². The second-order valence-electron chi connectivity index (χ2n) is 5.38. The molecule has 0 aliphatic carbocycles. The fraction of sp³-hybridized carbons (Fsp3) is 0.500. The molecular weight excluding hydrogens is 312 g/mol. The molecule has 0 aromatic heterocycles. The van der Waals surface area contributed by atoms with Crippen LogP contribution in [-0.2, 0) is 10.0 Å². The molecule has 0 saturated carbocycles. The van der Waals surface area contributed by atoms with E-state index in [1.807, 2.05) is 13.8 Å². The number of hydrogen-bond donors (Lipinski definition) is 1. The van der Waals surface area contributed by atoms with Gasteiger partial charge in [-0.25, -0.2) is 8.42 Å². The molecule has 116 valence electrons. The summed E-state index contributed by atoms with van der Waals surface area (Å²) in [6.45, 7) is 4.69. The summed E-state index contributed by atoms with van der Waals surface area (Å²) >= 11 is 6.03. The van der Waals surface area contributed by atoms with Gasteiger partial charge in [0.05, 0.1) is 5.02 Å². The highest BCUT2D eigenvalue weighted by molar-refractivity contribution is 7.89. The third-order valence-electron chi connectivity index (χ3n) is 3.30. The molecule has 1 aliphatic heterocycles. The van der Waals surface area contributed by atoms with Crippen LogP contribution < -0.4 is 5.32 Å². The van der Waals surface area contributed by atoms with Crippen molar-refractivity contribution < 1.29 is 13.2 Å². The first kappa shape index (κ1) is 16.3. The van der Waals surface area contributed by atoms with E-state index in [0.717, 1.165) is 12.8 Å². The van der Waals surface area contributed by atoms with Crippen LogP contribution in [0.3, 0.4) is 0 Å². The van der Waals surface area contributed by atoms with E-state index in [2.05, 4.69) is 5.32 Å². The highest BCUT2D eigenvalue weighted by Gasteiger charge is 2.29. The second-order valence-corrected chi connectivity index (χ2v) is 7.70. The van der Waals surface area contributed by atoms with Gasteiger partial charge in [0, 0.05) is 24.7 Å². The van der Waals surface area contributed by atoms with Gasteiger partial charge >= 0.3 is 0 Å². The predicted molar refractivity (Wildman–Crippen MR) is 82.0 cm³/mol. The lowest BCUT2D eigenvalue weighted by molar-refractivity contribution is 0.0943. The van der Waals surface area contributed by atoms with Crippen molar-refractivity contribution in [2.75, 3.05) is 13.1 Å². The van der Waals surface area contributed by atoms with Gasteiger partial charge in [-0.2, -0.15) is 4.31 Å². The Hall–Kier alpha value is -1.11. The standard InChI is InChI=1S/C14H19ClN2O3S/c1-10(2)16-14(18)11-5-6-12(15)13(9-11)21(19,20)17-7-3-4-8-17/h5-6,9-10H,3-4,7-8H2,1-2H3,(H,16,18). The molecule has 5 nitrogen and oxygen atoms in total. The van der Waals surface area contributed by atoms with Crippen LogP contribution in [0.25, 0.3) is 0 Å². The van der Waals surface area contributed by atoms with E-state index >= 15 is 0 Å². The van der Waals surface area contributed by atoms with Gasteiger partial charge in [-0.15, -0.1) is 0 Å². The Morgan fingerprint density at radius 1 is 1.29 bits per heavy atom. The topological polar surface area (TPSA) is 66.5 Å². The molecule has 0 spiro atoms. The monoisotopic (exact) mass is 330 g/mol.